The minimum absolute atomic E-state index is 0.00969. The van der Waals surface area contributed by atoms with Gasteiger partial charge in [0.25, 0.3) is 0 Å². The van der Waals surface area contributed by atoms with E-state index in [9.17, 15) is 24.0 Å². The number of amides is 1. The van der Waals surface area contributed by atoms with Crippen molar-refractivity contribution in [3.8, 4) is 6.07 Å². The van der Waals surface area contributed by atoms with Crippen LogP contribution in [0, 0.1) is 34.9 Å². The number of H-pyrrole nitrogens is 1. The largest absolute Gasteiger partial charge is 0.351 e. The summed E-state index contributed by atoms with van der Waals surface area (Å²) >= 11 is 3.20. The molecular weight excluding hydrogens is 489 g/mol. The molecule has 0 bridgehead atoms. The monoisotopic (exact) mass is 515 g/mol. The third kappa shape index (κ3) is 5.70. The molecule has 1 amide bonds. The number of ketones is 2. The molecule has 2 saturated carbocycles. The van der Waals surface area contributed by atoms with Gasteiger partial charge in [-0.25, -0.2) is 4.39 Å². The maximum absolute atomic E-state index is 13.8. The fourth-order valence-electron chi connectivity index (χ4n) is 4.68. The Labute approximate surface area is 200 Å². The molecule has 3 atom stereocenters. The van der Waals surface area contributed by atoms with Gasteiger partial charge in [0.2, 0.25) is 5.91 Å². The number of nitrogens with zero attached hydrogens (tertiary/aromatic N) is 1. The second-order valence-corrected chi connectivity index (χ2v) is 10.1. The topological polar surface area (TPSA) is 103 Å². The van der Waals surface area contributed by atoms with Crippen LogP contribution in [0.4, 0.5) is 4.39 Å². The molecule has 0 saturated heterocycles. The molecule has 2 N–H and O–H groups in total. The highest BCUT2D eigenvalue weighted by Crippen LogP contribution is 2.37. The zero-order valence-electron chi connectivity index (χ0n) is 18.3. The molecule has 2 aliphatic rings. The predicted octanol–water partition coefficient (Wildman–Crippen LogP) is 5.22. The number of aromatic amines is 1. The van der Waals surface area contributed by atoms with Gasteiger partial charge in [0.15, 0.2) is 5.78 Å². The summed E-state index contributed by atoms with van der Waals surface area (Å²) in [5.41, 5.74) is 0.831. The highest BCUT2D eigenvalue weighted by atomic mass is 79.9. The van der Waals surface area contributed by atoms with Crippen LogP contribution in [-0.4, -0.2) is 28.5 Å². The lowest BCUT2D eigenvalue weighted by Gasteiger charge is -2.24. The van der Waals surface area contributed by atoms with E-state index in [1.54, 1.807) is 12.1 Å². The van der Waals surface area contributed by atoms with Crippen molar-refractivity contribution in [2.45, 2.75) is 63.8 Å². The van der Waals surface area contributed by atoms with Crippen LogP contribution in [0.3, 0.4) is 0 Å². The van der Waals surface area contributed by atoms with Crippen molar-refractivity contribution in [3.05, 3.63) is 34.2 Å². The normalized spacial score (nSPS) is 20.3. The van der Waals surface area contributed by atoms with Gasteiger partial charge in [-0.05, 0) is 65.7 Å². The third-order valence-corrected chi connectivity index (χ3v) is 7.55. The number of halogens is 2. The van der Waals surface area contributed by atoms with E-state index in [-0.39, 0.29) is 34.3 Å². The first-order chi connectivity index (χ1) is 15.9. The minimum Gasteiger partial charge on any atom is -0.351 e. The average Bonchev–Trinajstić information content (AvgIpc) is 3.51. The van der Waals surface area contributed by atoms with Crippen LogP contribution in [0.5, 0.6) is 0 Å². The van der Waals surface area contributed by atoms with Crippen LogP contribution < -0.4 is 5.32 Å². The molecule has 6 nitrogen and oxygen atoms in total. The number of fused-ring (bicyclic) bond motifs is 1. The zero-order chi connectivity index (χ0) is 23.5. The highest BCUT2D eigenvalue weighted by Gasteiger charge is 2.33. The van der Waals surface area contributed by atoms with Crippen LogP contribution in [0.15, 0.2) is 22.7 Å². The van der Waals surface area contributed by atoms with Crippen molar-refractivity contribution in [2.75, 3.05) is 0 Å². The number of aromatic nitrogens is 1. The number of rotatable bonds is 9. The number of Topliss-reactive ketones (excluding diaryl/α,β-unsaturated/α-hetero) is 2. The summed E-state index contributed by atoms with van der Waals surface area (Å²) in [6.07, 6.45) is 6.16. The Kier molecular flexibility index (Phi) is 7.28. The van der Waals surface area contributed by atoms with Gasteiger partial charge in [-0.15, -0.1) is 0 Å². The quantitative estimate of drug-likeness (QED) is 0.447. The van der Waals surface area contributed by atoms with E-state index in [0.717, 1.165) is 32.1 Å². The predicted molar refractivity (Wildman–Crippen MR) is 125 cm³/mol. The van der Waals surface area contributed by atoms with Crippen molar-refractivity contribution in [2.24, 2.45) is 17.8 Å². The number of hydrogen-bond acceptors (Lipinski definition) is 4. The van der Waals surface area contributed by atoms with Crippen LogP contribution >= 0.6 is 15.9 Å². The first-order valence-electron chi connectivity index (χ1n) is 11.6. The maximum atomic E-state index is 13.8. The fraction of sp³-hybridized carbons (Fsp3) is 0.520. The van der Waals surface area contributed by atoms with Crippen LogP contribution in [0.25, 0.3) is 10.9 Å². The Morgan fingerprint density at radius 3 is 2.73 bits per heavy atom. The van der Waals surface area contributed by atoms with E-state index < -0.39 is 17.8 Å². The van der Waals surface area contributed by atoms with Crippen molar-refractivity contribution < 1.29 is 18.8 Å². The molecule has 8 heteroatoms. The first kappa shape index (κ1) is 23.6. The van der Waals surface area contributed by atoms with Crippen molar-refractivity contribution >= 4 is 44.3 Å². The number of hydrogen-bond donors (Lipinski definition) is 2. The summed E-state index contributed by atoms with van der Waals surface area (Å²) in [6, 6.07) is 5.98. The van der Waals surface area contributed by atoms with E-state index in [1.807, 2.05) is 0 Å². The highest BCUT2D eigenvalue weighted by molar-refractivity contribution is 9.10. The molecule has 1 heterocycles. The average molecular weight is 516 g/mol. The standard InChI is InChI=1S/C25H27BrFN3O3/c26-23-19(27)8-7-16-11-20(30-24(16)23)22(32)12-17(9-14-5-6-14)25(33)29-18(13-28)10-15-3-1-2-4-21(15)31/h7-8,11,14-15,17-18,30H,1-6,9-10,12H2,(H,29,33)/t15-,17+,18-/m0/s1. The van der Waals surface area contributed by atoms with Crippen molar-refractivity contribution in [1.29, 1.82) is 5.26 Å². The van der Waals surface area contributed by atoms with Gasteiger partial charge in [-0.3, -0.25) is 14.4 Å². The Morgan fingerprint density at radius 1 is 1.24 bits per heavy atom. The maximum Gasteiger partial charge on any atom is 0.224 e. The van der Waals surface area contributed by atoms with Gasteiger partial charge in [0.1, 0.15) is 17.6 Å². The lowest BCUT2D eigenvalue weighted by molar-refractivity contribution is -0.127. The molecule has 0 spiro atoms. The Hall–Kier alpha value is -2.53. The van der Waals surface area contributed by atoms with E-state index in [0.29, 0.717) is 41.8 Å². The minimum atomic E-state index is -0.742. The molecule has 0 aliphatic heterocycles. The van der Waals surface area contributed by atoms with Crippen LogP contribution in [0.1, 0.15) is 68.3 Å². The lowest BCUT2D eigenvalue weighted by atomic mass is 9.83. The summed E-state index contributed by atoms with van der Waals surface area (Å²) < 4.78 is 14.1. The van der Waals surface area contributed by atoms with Gasteiger partial charge in [0, 0.05) is 30.1 Å². The fourth-order valence-corrected chi connectivity index (χ4v) is 5.14. The molecule has 1 aromatic heterocycles. The number of nitrogens with one attached hydrogen (secondary N) is 2. The van der Waals surface area contributed by atoms with E-state index in [4.69, 9.17) is 0 Å². The van der Waals surface area contributed by atoms with Crippen molar-refractivity contribution in [1.82, 2.24) is 10.3 Å². The van der Waals surface area contributed by atoms with Gasteiger partial charge in [-0.1, -0.05) is 19.3 Å². The van der Waals surface area contributed by atoms with E-state index >= 15 is 0 Å². The Balaban J connectivity index is 1.44. The second kappa shape index (κ2) is 10.2. The molecule has 0 radical (unpaired) electrons. The summed E-state index contributed by atoms with van der Waals surface area (Å²) in [7, 11) is 0. The molecule has 1 aromatic carbocycles. The zero-order valence-corrected chi connectivity index (χ0v) is 19.9. The number of nitriles is 1. The summed E-state index contributed by atoms with van der Waals surface area (Å²) in [4.78, 5) is 41.2. The second-order valence-electron chi connectivity index (χ2n) is 9.35. The van der Waals surface area contributed by atoms with E-state index in [2.05, 4.69) is 32.3 Å². The third-order valence-electron chi connectivity index (χ3n) is 6.78. The number of carbonyl (C=O) groups is 3. The SMILES string of the molecule is N#C[C@H](C[C@@H]1CCCCC1=O)NC(=O)[C@@H](CC(=O)c1cc2ccc(F)c(Br)c2[nH]1)CC1CC1. The lowest BCUT2D eigenvalue weighted by Crippen LogP contribution is -2.41. The molecule has 4 rings (SSSR count). The van der Waals surface area contributed by atoms with Gasteiger partial charge in [-0.2, -0.15) is 5.26 Å². The first-order valence-corrected chi connectivity index (χ1v) is 12.4. The van der Waals surface area contributed by atoms with E-state index in [1.165, 1.54) is 6.07 Å². The Bertz CT molecular complexity index is 1120. The molecule has 33 heavy (non-hydrogen) atoms. The molecule has 2 fully saturated rings. The smallest absolute Gasteiger partial charge is 0.224 e. The summed E-state index contributed by atoms with van der Waals surface area (Å²) in [5.74, 6) is -1.11. The summed E-state index contributed by atoms with van der Waals surface area (Å²) in [6.45, 7) is 0. The van der Waals surface area contributed by atoms with Gasteiger partial charge < -0.3 is 10.3 Å². The molecular formula is C25H27BrFN3O3. The number of benzene rings is 1. The Morgan fingerprint density at radius 2 is 2.03 bits per heavy atom. The molecule has 174 valence electrons. The summed E-state index contributed by atoms with van der Waals surface area (Å²) in [5, 5.41) is 13.1. The molecule has 0 unspecified atom stereocenters. The molecule has 2 aromatic rings. The van der Waals surface area contributed by atoms with Gasteiger partial charge >= 0.3 is 0 Å². The van der Waals surface area contributed by atoms with Gasteiger partial charge in [0.05, 0.1) is 21.8 Å². The van der Waals surface area contributed by atoms with Crippen LogP contribution in [-0.2, 0) is 9.59 Å². The number of carbonyl (C=O) groups excluding carboxylic acids is 3. The van der Waals surface area contributed by atoms with Crippen molar-refractivity contribution in [3.63, 3.8) is 0 Å². The molecule has 2 aliphatic carbocycles. The van der Waals surface area contributed by atoms with Crippen LogP contribution in [0.2, 0.25) is 0 Å².